The molecule has 0 aliphatic carbocycles. The second-order valence-corrected chi connectivity index (χ2v) is 5.17. The maximum Gasteiger partial charge on any atom is 0.332 e. The summed E-state index contributed by atoms with van der Waals surface area (Å²) in [7, 11) is 3.04. The summed E-state index contributed by atoms with van der Waals surface area (Å²) in [4.78, 5) is 31.3. The Morgan fingerprint density at radius 1 is 1.23 bits per heavy atom. The van der Waals surface area contributed by atoms with Crippen LogP contribution in [-0.2, 0) is 20.5 Å². The lowest BCUT2D eigenvalue weighted by atomic mass is 10.1. The van der Waals surface area contributed by atoms with Gasteiger partial charge in [0, 0.05) is 19.8 Å². The Morgan fingerprint density at radius 3 is 2.73 bits per heavy atom. The number of benzene rings is 1. The molecule has 0 fully saturated rings. The molecule has 0 atom stereocenters. The van der Waals surface area contributed by atoms with Gasteiger partial charge in [0.2, 0.25) is 5.95 Å². The highest BCUT2D eigenvalue weighted by Gasteiger charge is 2.13. The summed E-state index contributed by atoms with van der Waals surface area (Å²) in [6.45, 7) is 2.08. The molecule has 0 aliphatic heterocycles. The summed E-state index contributed by atoms with van der Waals surface area (Å²) in [5, 5.41) is 3.13. The van der Waals surface area contributed by atoms with Crippen molar-refractivity contribution in [1.29, 1.82) is 0 Å². The molecule has 0 saturated heterocycles. The van der Waals surface area contributed by atoms with Gasteiger partial charge >= 0.3 is 5.69 Å². The molecule has 0 unspecified atom stereocenters. The van der Waals surface area contributed by atoms with Crippen molar-refractivity contribution >= 4 is 22.8 Å². The minimum Gasteiger partial charge on any atom is -0.326 e. The van der Waals surface area contributed by atoms with Gasteiger partial charge in [0.1, 0.15) is 0 Å². The number of aromatic amines is 1. The van der Waals surface area contributed by atoms with Crippen molar-refractivity contribution in [1.82, 2.24) is 19.1 Å². The first-order valence-corrected chi connectivity index (χ1v) is 7.03. The number of anilines is 2. The molecule has 7 heteroatoms. The third-order valence-electron chi connectivity index (χ3n) is 3.69. The Labute approximate surface area is 126 Å². The zero-order valence-corrected chi connectivity index (χ0v) is 12.7. The third kappa shape index (κ3) is 2.20. The minimum atomic E-state index is -0.400. The van der Waals surface area contributed by atoms with Gasteiger partial charge in [-0.2, -0.15) is 4.98 Å². The summed E-state index contributed by atoms with van der Waals surface area (Å²) in [5.74, 6) is 0.432. The van der Waals surface area contributed by atoms with E-state index in [1.165, 1.54) is 17.2 Å². The van der Waals surface area contributed by atoms with Crippen LogP contribution in [-0.4, -0.2) is 19.1 Å². The van der Waals surface area contributed by atoms with Gasteiger partial charge in [-0.05, 0) is 24.1 Å². The van der Waals surface area contributed by atoms with Crippen LogP contribution in [0.4, 0.5) is 11.6 Å². The number of fused-ring (bicyclic) bond motifs is 1. The molecule has 0 bridgehead atoms. The number of H-pyrrole nitrogens is 1. The van der Waals surface area contributed by atoms with E-state index >= 15 is 0 Å². The van der Waals surface area contributed by atoms with E-state index < -0.39 is 5.69 Å². The van der Waals surface area contributed by atoms with Crippen LogP contribution in [0.1, 0.15) is 12.5 Å². The van der Waals surface area contributed by atoms with Crippen LogP contribution in [0.3, 0.4) is 0 Å². The monoisotopic (exact) mass is 299 g/mol. The molecule has 3 rings (SSSR count). The lowest BCUT2D eigenvalue weighted by molar-refractivity contribution is 0.709. The zero-order valence-electron chi connectivity index (χ0n) is 12.7. The van der Waals surface area contributed by atoms with Gasteiger partial charge in [-0.15, -0.1) is 0 Å². The van der Waals surface area contributed by atoms with Gasteiger partial charge in [0.05, 0.1) is 0 Å². The van der Waals surface area contributed by atoms with E-state index in [1.807, 2.05) is 24.3 Å². The number of aromatic nitrogens is 4. The molecule has 2 N–H and O–H groups in total. The summed E-state index contributed by atoms with van der Waals surface area (Å²) >= 11 is 0. The lowest BCUT2D eigenvalue weighted by Gasteiger charge is -2.04. The molecular weight excluding hydrogens is 282 g/mol. The van der Waals surface area contributed by atoms with Gasteiger partial charge in [-0.3, -0.25) is 13.9 Å². The van der Waals surface area contributed by atoms with Gasteiger partial charge in [0.25, 0.3) is 5.56 Å². The summed E-state index contributed by atoms with van der Waals surface area (Å²) < 4.78 is 2.41. The van der Waals surface area contributed by atoms with E-state index in [2.05, 4.69) is 22.2 Å². The topological polar surface area (TPSA) is 84.7 Å². The maximum atomic E-state index is 12.1. The van der Waals surface area contributed by atoms with Crippen molar-refractivity contribution in [3.8, 4) is 0 Å². The first-order valence-electron chi connectivity index (χ1n) is 7.03. The number of rotatable bonds is 3. The molecule has 2 aromatic heterocycles. The Morgan fingerprint density at radius 2 is 2.00 bits per heavy atom. The molecule has 22 heavy (non-hydrogen) atoms. The largest absolute Gasteiger partial charge is 0.332 e. The van der Waals surface area contributed by atoms with Crippen molar-refractivity contribution in [2.75, 3.05) is 5.32 Å². The van der Waals surface area contributed by atoms with Gasteiger partial charge < -0.3 is 10.3 Å². The minimum absolute atomic E-state index is 0.304. The molecule has 0 radical (unpaired) electrons. The second kappa shape index (κ2) is 5.18. The van der Waals surface area contributed by atoms with Crippen molar-refractivity contribution in [2.24, 2.45) is 14.1 Å². The van der Waals surface area contributed by atoms with Crippen LogP contribution in [0, 0.1) is 0 Å². The quantitative estimate of drug-likeness (QED) is 0.762. The lowest BCUT2D eigenvalue weighted by Crippen LogP contribution is -2.36. The molecule has 114 valence electrons. The van der Waals surface area contributed by atoms with E-state index in [1.54, 1.807) is 7.05 Å². The number of aryl methyl sites for hydroxylation is 2. The van der Waals surface area contributed by atoms with Crippen LogP contribution in [0.2, 0.25) is 0 Å². The SMILES string of the molecule is CCc1cccc(Nc2nc3c([nH]2)c(=O)n(C)c(=O)n3C)c1. The first kappa shape index (κ1) is 14.1. The molecule has 0 aliphatic rings. The van der Waals surface area contributed by atoms with Crippen LogP contribution < -0.4 is 16.6 Å². The Bertz CT molecular complexity index is 964. The molecule has 0 spiro atoms. The number of hydrogen-bond acceptors (Lipinski definition) is 4. The summed E-state index contributed by atoms with van der Waals surface area (Å²) in [6.07, 6.45) is 0.935. The van der Waals surface area contributed by atoms with Gasteiger partial charge in [-0.1, -0.05) is 19.1 Å². The third-order valence-corrected chi connectivity index (χ3v) is 3.69. The molecular formula is C15H17N5O2. The highest BCUT2D eigenvalue weighted by atomic mass is 16.2. The number of nitrogens with zero attached hydrogens (tertiary/aromatic N) is 3. The summed E-state index contributed by atoms with van der Waals surface area (Å²) in [5.41, 5.74) is 1.93. The normalized spacial score (nSPS) is 11.0. The predicted molar refractivity (Wildman–Crippen MR) is 85.7 cm³/mol. The Kier molecular flexibility index (Phi) is 3.32. The van der Waals surface area contributed by atoms with E-state index in [9.17, 15) is 9.59 Å². The highest BCUT2D eigenvalue weighted by Crippen LogP contribution is 2.17. The number of hydrogen-bond donors (Lipinski definition) is 2. The number of nitrogens with one attached hydrogen (secondary N) is 2. The van der Waals surface area contributed by atoms with E-state index in [-0.39, 0.29) is 5.56 Å². The van der Waals surface area contributed by atoms with Crippen LogP contribution >= 0.6 is 0 Å². The molecule has 0 saturated carbocycles. The predicted octanol–water partition coefficient (Wildman–Crippen LogP) is 1.27. The van der Waals surface area contributed by atoms with Crippen molar-refractivity contribution in [3.05, 3.63) is 50.7 Å². The Hall–Kier alpha value is -2.83. The van der Waals surface area contributed by atoms with E-state index in [4.69, 9.17) is 0 Å². The molecule has 3 aromatic rings. The van der Waals surface area contributed by atoms with Crippen LogP contribution in [0.25, 0.3) is 11.2 Å². The fourth-order valence-corrected chi connectivity index (χ4v) is 2.39. The molecule has 1 aromatic carbocycles. The molecule has 7 nitrogen and oxygen atoms in total. The van der Waals surface area contributed by atoms with E-state index in [0.29, 0.717) is 17.1 Å². The fourth-order valence-electron chi connectivity index (χ4n) is 2.39. The Balaban J connectivity index is 2.09. The van der Waals surface area contributed by atoms with Crippen molar-refractivity contribution in [2.45, 2.75) is 13.3 Å². The smallest absolute Gasteiger partial charge is 0.326 e. The van der Waals surface area contributed by atoms with Crippen molar-refractivity contribution in [3.63, 3.8) is 0 Å². The molecule has 2 heterocycles. The van der Waals surface area contributed by atoms with Crippen LogP contribution in [0.5, 0.6) is 0 Å². The summed E-state index contributed by atoms with van der Waals surface area (Å²) in [6, 6.07) is 7.94. The average molecular weight is 299 g/mol. The number of imidazole rings is 1. The standard InChI is InChI=1S/C15H17N5O2/c1-4-9-6-5-7-10(8-9)16-14-17-11-12(18-14)19(2)15(22)20(3)13(11)21/h5-8H,4H2,1-3H3,(H2,16,17,18). The zero-order chi connectivity index (χ0) is 15.9. The second-order valence-electron chi connectivity index (χ2n) is 5.17. The van der Waals surface area contributed by atoms with E-state index in [0.717, 1.165) is 16.7 Å². The van der Waals surface area contributed by atoms with Crippen LogP contribution in [0.15, 0.2) is 33.9 Å². The first-order chi connectivity index (χ1) is 10.5. The maximum absolute atomic E-state index is 12.1. The highest BCUT2D eigenvalue weighted by molar-refractivity contribution is 5.74. The fraction of sp³-hybridized carbons (Fsp3) is 0.267. The van der Waals surface area contributed by atoms with Crippen molar-refractivity contribution < 1.29 is 0 Å². The van der Waals surface area contributed by atoms with Gasteiger partial charge in [-0.25, -0.2) is 4.79 Å². The average Bonchev–Trinajstić information content (AvgIpc) is 2.95. The molecule has 0 amide bonds. The van der Waals surface area contributed by atoms with Gasteiger partial charge in [0.15, 0.2) is 11.2 Å².